The molecule has 1 rings (SSSR count). The molecule has 48 valence electrons. The van der Waals surface area contributed by atoms with Crippen LogP contribution in [0.1, 0.15) is 25.7 Å². The van der Waals surface area contributed by atoms with Gasteiger partial charge >= 0.3 is 0 Å². The van der Waals surface area contributed by atoms with Gasteiger partial charge < -0.3 is 0 Å². The van der Waals surface area contributed by atoms with Crippen LogP contribution in [0.15, 0.2) is 0 Å². The third kappa shape index (κ3) is 1.58. The molecular weight excluding hydrogens is 120 g/mol. The first-order valence-corrected chi connectivity index (χ1v) is 3.94. The highest BCUT2D eigenvalue weighted by molar-refractivity contribution is 5.97. The summed E-state index contributed by atoms with van der Waals surface area (Å²) in [6.07, 6.45) is 5.45. The highest BCUT2D eigenvalue weighted by atomic mass is 28.2. The van der Waals surface area contributed by atoms with Crippen molar-refractivity contribution in [2.45, 2.75) is 31.8 Å². The molecule has 0 aromatic rings. The lowest BCUT2D eigenvalue weighted by Crippen LogP contribution is -2.05. The predicted molar refractivity (Wildman–Crippen MR) is 34.4 cm³/mol. The summed E-state index contributed by atoms with van der Waals surface area (Å²) >= 11 is 0. The number of hydrogen-bond donors (Lipinski definition) is 0. The van der Waals surface area contributed by atoms with Crippen molar-refractivity contribution < 1.29 is 9.46 Å². The molecule has 0 aromatic carbocycles. The molecule has 0 aromatic heterocycles. The van der Waals surface area contributed by atoms with Crippen LogP contribution in [0.3, 0.4) is 0 Å². The van der Waals surface area contributed by atoms with Crippen molar-refractivity contribution in [3.05, 3.63) is 0 Å². The topological polar surface area (TPSA) is 18.5 Å². The van der Waals surface area contributed by atoms with Crippen LogP contribution in [0.4, 0.5) is 0 Å². The van der Waals surface area contributed by atoms with Crippen molar-refractivity contribution in [3.8, 4) is 0 Å². The second kappa shape index (κ2) is 3.22. The van der Waals surface area contributed by atoms with Crippen molar-refractivity contribution >= 4 is 10.5 Å². The summed E-state index contributed by atoms with van der Waals surface area (Å²) in [6.45, 7) is 0. The van der Waals surface area contributed by atoms with Crippen molar-refractivity contribution in [2.75, 3.05) is 0 Å². The van der Waals surface area contributed by atoms with Crippen LogP contribution in [0.2, 0.25) is 0 Å². The summed E-state index contributed by atoms with van der Waals surface area (Å²) in [5, 5.41) is 0. The lowest BCUT2D eigenvalue weighted by Gasteiger charge is -2.05. The fraction of sp³-hybridized carbons (Fsp3) is 1.00. The molecule has 1 fully saturated rings. The van der Waals surface area contributed by atoms with E-state index in [2.05, 4.69) is 4.58 Å². The van der Waals surface area contributed by atoms with Gasteiger partial charge in [-0.1, -0.05) is 12.8 Å². The van der Waals surface area contributed by atoms with Gasteiger partial charge in [0.25, 0.3) is 0 Å². The molecule has 0 spiro atoms. The van der Waals surface area contributed by atoms with Crippen LogP contribution < -0.4 is 0 Å². The van der Waals surface area contributed by atoms with E-state index in [4.69, 9.17) is 4.89 Å². The van der Waals surface area contributed by atoms with E-state index < -0.39 is 0 Å². The molecule has 1 aliphatic carbocycles. The Morgan fingerprint density at radius 3 is 2.38 bits per heavy atom. The molecule has 0 unspecified atom stereocenters. The van der Waals surface area contributed by atoms with Crippen molar-refractivity contribution in [1.29, 1.82) is 0 Å². The quantitative estimate of drug-likeness (QED) is 0.303. The van der Waals surface area contributed by atoms with Crippen LogP contribution in [-0.4, -0.2) is 16.6 Å². The average Bonchev–Trinajstić information content (AvgIpc) is 2.19. The second-order valence-corrected chi connectivity index (χ2v) is 2.50. The Bertz CT molecular complexity index is 61.4. The minimum atomic E-state index is 0.424. The van der Waals surface area contributed by atoms with Crippen molar-refractivity contribution in [3.63, 3.8) is 0 Å². The number of rotatable bonds is 2. The van der Waals surface area contributed by atoms with Gasteiger partial charge in [-0.05, 0) is 12.8 Å². The molecule has 0 saturated heterocycles. The fourth-order valence-electron chi connectivity index (χ4n) is 1.12. The van der Waals surface area contributed by atoms with Gasteiger partial charge in [0.2, 0.25) is 0 Å². The molecule has 0 heterocycles. The summed E-state index contributed by atoms with van der Waals surface area (Å²) in [5.74, 6) is 0. The van der Waals surface area contributed by atoms with Crippen molar-refractivity contribution in [2.24, 2.45) is 0 Å². The first-order chi connectivity index (χ1) is 3.93. The first kappa shape index (κ1) is 6.26. The monoisotopic (exact) mass is 132 g/mol. The summed E-state index contributed by atoms with van der Waals surface area (Å²) in [7, 11) is 0.702. The van der Waals surface area contributed by atoms with E-state index in [9.17, 15) is 0 Å². The molecule has 0 amide bonds. The molecule has 3 heteroatoms. The maximum Gasteiger partial charge on any atom is 0.193 e. The van der Waals surface area contributed by atoms with Gasteiger partial charge in [-0.15, -0.1) is 0 Å². The molecule has 0 atom stereocenters. The highest BCUT2D eigenvalue weighted by Gasteiger charge is 2.14. The van der Waals surface area contributed by atoms with E-state index in [1.54, 1.807) is 0 Å². The number of hydrogen-bond acceptors (Lipinski definition) is 2. The van der Waals surface area contributed by atoms with Gasteiger partial charge in [0, 0.05) is 0 Å². The first-order valence-electron chi connectivity index (χ1n) is 3.13. The molecule has 0 N–H and O–H groups in total. The van der Waals surface area contributed by atoms with Crippen molar-refractivity contribution in [1.82, 2.24) is 0 Å². The molecule has 0 radical (unpaired) electrons. The van der Waals surface area contributed by atoms with E-state index in [-0.39, 0.29) is 0 Å². The van der Waals surface area contributed by atoms with Gasteiger partial charge in [-0.25, -0.2) is 4.89 Å². The van der Waals surface area contributed by atoms with Crippen LogP contribution in [0, 0.1) is 0 Å². The van der Waals surface area contributed by atoms with E-state index in [1.807, 2.05) is 0 Å². The smallest absolute Gasteiger partial charge is 0.193 e. The lowest BCUT2D eigenvalue weighted by molar-refractivity contribution is -0.240. The van der Waals surface area contributed by atoms with Gasteiger partial charge in [0.15, 0.2) is 10.5 Å². The zero-order chi connectivity index (χ0) is 5.82. The van der Waals surface area contributed by atoms with Crippen LogP contribution >= 0.6 is 0 Å². The maximum absolute atomic E-state index is 4.96. The zero-order valence-electron chi connectivity index (χ0n) is 5.22. The summed E-state index contributed by atoms with van der Waals surface area (Å²) < 4.78 is 4.66. The van der Waals surface area contributed by atoms with Gasteiger partial charge in [0.1, 0.15) is 0 Å². The van der Waals surface area contributed by atoms with Gasteiger partial charge in [-0.3, -0.25) is 4.58 Å². The Labute approximate surface area is 52.6 Å². The third-order valence-electron chi connectivity index (χ3n) is 1.53. The SMILES string of the molecule is [SiH3]OOC1CCCC1. The molecule has 0 aliphatic heterocycles. The summed E-state index contributed by atoms with van der Waals surface area (Å²) in [6, 6.07) is 0. The minimum absolute atomic E-state index is 0.424. The minimum Gasteiger partial charge on any atom is -0.298 e. The Balaban J connectivity index is 2.06. The maximum atomic E-state index is 4.96. The van der Waals surface area contributed by atoms with Gasteiger partial charge in [-0.2, -0.15) is 0 Å². The summed E-state index contributed by atoms with van der Waals surface area (Å²) in [4.78, 5) is 4.96. The largest absolute Gasteiger partial charge is 0.298 e. The standard InChI is InChI=1S/C5H12O2Si/c8-7-6-5-3-1-2-4-5/h5H,1-4H2,8H3. The molecule has 0 bridgehead atoms. The summed E-state index contributed by atoms with van der Waals surface area (Å²) in [5.41, 5.74) is 0. The highest BCUT2D eigenvalue weighted by Crippen LogP contribution is 2.20. The predicted octanol–water partition coefficient (Wildman–Crippen LogP) is 0.158. The molecule has 2 nitrogen and oxygen atoms in total. The lowest BCUT2D eigenvalue weighted by atomic mass is 10.3. The van der Waals surface area contributed by atoms with E-state index in [0.29, 0.717) is 16.6 Å². The third-order valence-corrected chi connectivity index (χ3v) is 1.73. The molecular formula is C5H12O2Si. The van der Waals surface area contributed by atoms with Crippen LogP contribution in [0.25, 0.3) is 0 Å². The Morgan fingerprint density at radius 1 is 1.25 bits per heavy atom. The van der Waals surface area contributed by atoms with E-state index in [0.717, 1.165) is 0 Å². The van der Waals surface area contributed by atoms with E-state index in [1.165, 1.54) is 25.7 Å². The average molecular weight is 132 g/mol. The van der Waals surface area contributed by atoms with Crippen LogP contribution in [0.5, 0.6) is 0 Å². The fourth-order valence-corrected chi connectivity index (χ4v) is 1.39. The Morgan fingerprint density at radius 2 is 1.88 bits per heavy atom. The molecule has 8 heavy (non-hydrogen) atoms. The van der Waals surface area contributed by atoms with Crippen LogP contribution in [-0.2, 0) is 9.46 Å². The van der Waals surface area contributed by atoms with E-state index >= 15 is 0 Å². The normalized spacial score (nSPS) is 22.5. The Hall–Kier alpha value is 0.137. The Kier molecular flexibility index (Phi) is 2.52. The molecule has 1 saturated carbocycles. The zero-order valence-corrected chi connectivity index (χ0v) is 7.22. The molecule has 1 aliphatic rings. The second-order valence-electron chi connectivity index (χ2n) is 2.17. The van der Waals surface area contributed by atoms with Gasteiger partial charge in [0.05, 0.1) is 6.10 Å².